The number of methoxy groups -OCH3 is 1. The molecule has 0 radical (unpaired) electrons. The second-order valence-electron chi connectivity index (χ2n) is 4.20. The van der Waals surface area contributed by atoms with E-state index in [1.165, 1.54) is 12.1 Å². The zero-order chi connectivity index (χ0) is 21.1. The Hall–Kier alpha value is -2.29. The predicted octanol–water partition coefficient (Wildman–Crippen LogP) is 2.76. The number of hydrogen-bond acceptors (Lipinski definition) is 4. The molecule has 22 heavy (non-hydrogen) atoms. The smallest absolute Gasteiger partial charge is 0.297 e. The van der Waals surface area contributed by atoms with Gasteiger partial charge in [0.25, 0.3) is 10.1 Å². The lowest BCUT2D eigenvalue weighted by molar-refractivity contribution is 0.363. The van der Waals surface area contributed by atoms with Crippen molar-refractivity contribution in [3.8, 4) is 17.6 Å². The van der Waals surface area contributed by atoms with Crippen molar-refractivity contribution in [3.63, 3.8) is 0 Å². The molecule has 0 saturated carbocycles. The van der Waals surface area contributed by atoms with Gasteiger partial charge in [0.15, 0.2) is 0 Å². The highest BCUT2D eigenvalue weighted by Gasteiger charge is 2.13. The van der Waals surface area contributed by atoms with E-state index in [0.717, 1.165) is 11.6 Å². The molecule has 2 aromatic carbocycles. The number of ether oxygens (including phenoxy) is 1. The maximum atomic E-state index is 12.1. The van der Waals surface area contributed by atoms with E-state index >= 15 is 0 Å². The molecule has 0 spiro atoms. The first-order valence-electron chi connectivity index (χ1n) is 9.15. The van der Waals surface area contributed by atoms with Crippen LogP contribution in [0.25, 0.3) is 0 Å². The van der Waals surface area contributed by atoms with Crippen molar-refractivity contribution in [1.29, 1.82) is 0 Å². The molecule has 5 heteroatoms. The van der Waals surface area contributed by atoms with E-state index < -0.39 is 41.6 Å². The van der Waals surface area contributed by atoms with Crippen LogP contribution in [0.4, 0.5) is 0 Å². The first-order chi connectivity index (χ1) is 12.9. The van der Waals surface area contributed by atoms with Crippen molar-refractivity contribution >= 4 is 10.1 Å². The normalized spacial score (nSPS) is 15.1. The molecule has 114 valence electrons. The van der Waals surface area contributed by atoms with Gasteiger partial charge in [0.2, 0.25) is 0 Å². The third-order valence-electron chi connectivity index (χ3n) is 2.57. The van der Waals surface area contributed by atoms with Crippen LogP contribution in [-0.4, -0.2) is 22.1 Å². The van der Waals surface area contributed by atoms with E-state index in [1.807, 2.05) is 6.92 Å². The van der Waals surface area contributed by atoms with Gasteiger partial charge in [0.05, 0.1) is 20.2 Å². The van der Waals surface area contributed by atoms with Gasteiger partial charge in [0, 0.05) is 5.56 Å². The molecule has 2 rings (SSSR count). The monoisotopic (exact) mass is 322 g/mol. The number of hydrogen-bond donors (Lipinski definition) is 0. The quantitative estimate of drug-likeness (QED) is 0.641. The number of aryl methyl sites for hydroxylation is 1. The molecule has 4 nitrogen and oxygen atoms in total. The third kappa shape index (κ3) is 4.35. The second kappa shape index (κ2) is 7.12. The average molecular weight is 322 g/mol. The Balaban J connectivity index is 2.22. The van der Waals surface area contributed by atoms with Gasteiger partial charge in [0.1, 0.15) is 12.4 Å². The minimum atomic E-state index is -4.02. The van der Waals surface area contributed by atoms with Gasteiger partial charge in [-0.05, 0) is 37.2 Å². The summed E-state index contributed by atoms with van der Waals surface area (Å²) in [5.74, 6) is 4.25. The van der Waals surface area contributed by atoms with Crippen molar-refractivity contribution < 1.29 is 25.6 Å². The largest absolute Gasteiger partial charge is 0.497 e. The van der Waals surface area contributed by atoms with Crippen LogP contribution in [0.5, 0.6) is 5.75 Å². The van der Waals surface area contributed by atoms with Crippen molar-refractivity contribution in [3.05, 3.63) is 59.6 Å². The van der Waals surface area contributed by atoms with Crippen molar-refractivity contribution in [2.24, 2.45) is 0 Å². The zero-order valence-electron chi connectivity index (χ0n) is 17.6. The maximum Gasteiger partial charge on any atom is 0.297 e. The minimum absolute atomic E-state index is 0.0332. The third-order valence-corrected chi connectivity index (χ3v) is 3.85. The van der Waals surface area contributed by atoms with Gasteiger partial charge in [-0.25, -0.2) is 0 Å². The SMILES string of the molecule is [2H]c1cc([2H])c(OC([2H])([2H])[2H])c([2H])c1C#CCOS(=O)(=O)c1ccc(C)cc1. The van der Waals surface area contributed by atoms with Crippen LogP contribution in [0.1, 0.15) is 19.4 Å². The van der Waals surface area contributed by atoms with Gasteiger partial charge in [-0.15, -0.1) is 0 Å². The summed E-state index contributed by atoms with van der Waals surface area (Å²) in [5.41, 5.74) is 0.684. The lowest BCUT2D eigenvalue weighted by Gasteiger charge is -2.02. The molecule has 0 aromatic heterocycles. The molecule has 0 unspecified atom stereocenters. The Kier molecular flexibility index (Phi) is 3.13. The Morgan fingerprint density at radius 3 is 2.77 bits per heavy atom. The first-order valence-corrected chi connectivity index (χ1v) is 7.56. The second-order valence-corrected chi connectivity index (χ2v) is 5.81. The summed E-state index contributed by atoms with van der Waals surface area (Å²) in [6.07, 6.45) is 0. The fourth-order valence-corrected chi connectivity index (χ4v) is 2.31. The summed E-state index contributed by atoms with van der Waals surface area (Å²) >= 11 is 0. The summed E-state index contributed by atoms with van der Waals surface area (Å²) < 4.78 is 78.3. The van der Waals surface area contributed by atoms with Crippen LogP contribution in [0.2, 0.25) is 0 Å². The molecule has 0 aliphatic heterocycles. The first kappa shape index (κ1) is 9.67. The predicted molar refractivity (Wildman–Crippen MR) is 84.2 cm³/mol. The topological polar surface area (TPSA) is 52.6 Å². The van der Waals surface area contributed by atoms with Crippen molar-refractivity contribution in [1.82, 2.24) is 0 Å². The van der Waals surface area contributed by atoms with Crippen LogP contribution in [0, 0.1) is 18.8 Å². The van der Waals surface area contributed by atoms with E-state index in [-0.39, 0.29) is 16.5 Å². The van der Waals surface area contributed by atoms with Crippen LogP contribution in [0.3, 0.4) is 0 Å². The highest BCUT2D eigenvalue weighted by atomic mass is 32.2. The van der Waals surface area contributed by atoms with Crippen molar-refractivity contribution in [2.75, 3.05) is 13.6 Å². The fraction of sp³-hybridized carbons (Fsp3) is 0.176. The van der Waals surface area contributed by atoms with E-state index in [1.54, 1.807) is 12.1 Å². The molecule has 0 aliphatic carbocycles. The molecule has 0 aliphatic rings. The molecular weight excluding hydrogens is 300 g/mol. The summed E-state index contributed by atoms with van der Waals surface area (Å²) in [5, 5.41) is 0. The fourth-order valence-electron chi connectivity index (χ4n) is 1.49. The molecule has 0 fully saturated rings. The molecule has 0 amide bonds. The Morgan fingerprint density at radius 1 is 1.27 bits per heavy atom. The number of benzene rings is 2. The minimum Gasteiger partial charge on any atom is -0.497 e. The van der Waals surface area contributed by atoms with Gasteiger partial charge in [-0.1, -0.05) is 35.6 Å². The van der Waals surface area contributed by atoms with Crippen LogP contribution < -0.4 is 4.74 Å². The Bertz CT molecular complexity index is 1030. The zero-order valence-corrected chi connectivity index (χ0v) is 12.5. The van der Waals surface area contributed by atoms with Gasteiger partial charge in [-0.2, -0.15) is 8.42 Å². The summed E-state index contributed by atoms with van der Waals surface area (Å²) in [4.78, 5) is -0.0332. The molecule has 0 heterocycles. The van der Waals surface area contributed by atoms with E-state index in [0.29, 0.717) is 0 Å². The van der Waals surface area contributed by atoms with Gasteiger partial charge >= 0.3 is 0 Å². The van der Waals surface area contributed by atoms with Crippen LogP contribution in [-0.2, 0) is 14.3 Å². The van der Waals surface area contributed by atoms with Gasteiger partial charge in [-0.3, -0.25) is 4.18 Å². The van der Waals surface area contributed by atoms with E-state index in [9.17, 15) is 8.42 Å². The van der Waals surface area contributed by atoms with Crippen molar-refractivity contribution in [2.45, 2.75) is 11.8 Å². The van der Waals surface area contributed by atoms with Crippen LogP contribution >= 0.6 is 0 Å². The molecule has 0 saturated heterocycles. The van der Waals surface area contributed by atoms with E-state index in [2.05, 4.69) is 16.6 Å². The van der Waals surface area contributed by atoms with Gasteiger partial charge < -0.3 is 4.74 Å². The lowest BCUT2D eigenvalue weighted by Crippen LogP contribution is -2.06. The summed E-state index contributed by atoms with van der Waals surface area (Å²) in [6, 6.07) is 5.76. The highest BCUT2D eigenvalue weighted by molar-refractivity contribution is 7.86. The summed E-state index contributed by atoms with van der Waals surface area (Å²) in [6.45, 7) is 1.28. The molecule has 0 N–H and O–H groups in total. The molecular formula is C17H16O4S. The average Bonchev–Trinajstić information content (AvgIpc) is 2.57. The molecule has 0 bridgehead atoms. The molecule has 0 atom stereocenters. The Morgan fingerprint density at radius 2 is 2.05 bits per heavy atom. The maximum absolute atomic E-state index is 12.1. The summed E-state index contributed by atoms with van der Waals surface area (Å²) in [7, 11) is -6.89. The Labute approximate surface area is 139 Å². The number of rotatable bonds is 4. The standard InChI is InChI=1S/C17H16O4S/c1-14-8-10-17(11-9-14)22(18,19)21-12-4-6-15-5-3-7-16(13-15)20-2/h3,5,7-11,13H,12H2,1-2H3/i2D3,5D,7D,13D. The highest BCUT2D eigenvalue weighted by Crippen LogP contribution is 2.13. The lowest BCUT2D eigenvalue weighted by atomic mass is 10.2. The van der Waals surface area contributed by atoms with E-state index in [4.69, 9.17) is 12.4 Å². The van der Waals surface area contributed by atoms with Crippen LogP contribution in [0.15, 0.2) is 53.4 Å². The molecule has 2 aromatic rings.